The number of carbonyl (C=O) groups is 1. The minimum absolute atomic E-state index is 0.141. The van der Waals surface area contributed by atoms with Crippen LogP contribution in [-0.2, 0) is 11.3 Å². The van der Waals surface area contributed by atoms with Gasteiger partial charge in [-0.1, -0.05) is 0 Å². The molecule has 1 aliphatic rings. The molecule has 110 valence electrons. The van der Waals surface area contributed by atoms with E-state index in [9.17, 15) is 14.9 Å². The molecule has 1 aromatic rings. The number of aryl methyl sites for hydroxylation is 1. The van der Waals surface area contributed by atoms with Crippen molar-refractivity contribution in [3.63, 3.8) is 0 Å². The van der Waals surface area contributed by atoms with Crippen LogP contribution in [0, 0.1) is 23.0 Å². The molecule has 0 atom stereocenters. The predicted octanol–water partition coefficient (Wildman–Crippen LogP) is 1.42. The monoisotopic (exact) mass is 282 g/mol. The van der Waals surface area contributed by atoms with Crippen molar-refractivity contribution in [1.82, 2.24) is 9.55 Å². The molecule has 20 heavy (non-hydrogen) atoms. The fraction of sp³-hybridized carbons (Fsp3) is 0.667. The van der Waals surface area contributed by atoms with Gasteiger partial charge in [-0.15, -0.1) is 0 Å². The van der Waals surface area contributed by atoms with Crippen molar-refractivity contribution < 1.29 is 14.8 Å². The number of anilines is 1. The Morgan fingerprint density at radius 1 is 1.50 bits per heavy atom. The zero-order valence-electron chi connectivity index (χ0n) is 11.6. The summed E-state index contributed by atoms with van der Waals surface area (Å²) in [6.07, 6.45) is 1.00. The van der Waals surface area contributed by atoms with Crippen LogP contribution in [0.3, 0.4) is 0 Å². The van der Waals surface area contributed by atoms with Crippen LogP contribution in [-0.4, -0.2) is 38.6 Å². The van der Waals surface area contributed by atoms with Gasteiger partial charge in [-0.2, -0.15) is 0 Å². The molecule has 1 N–H and O–H groups in total. The molecule has 8 heteroatoms. The van der Waals surface area contributed by atoms with E-state index in [2.05, 4.69) is 4.98 Å². The Bertz CT molecular complexity index is 532. The van der Waals surface area contributed by atoms with Crippen LogP contribution < -0.4 is 4.90 Å². The van der Waals surface area contributed by atoms with E-state index in [1.165, 1.54) is 0 Å². The number of rotatable bonds is 4. The molecule has 0 unspecified atom stereocenters. The fourth-order valence-corrected chi connectivity index (χ4v) is 2.69. The van der Waals surface area contributed by atoms with Gasteiger partial charge in [0, 0.05) is 26.6 Å². The molecule has 0 aliphatic carbocycles. The third-order valence-electron chi connectivity index (χ3n) is 3.75. The van der Waals surface area contributed by atoms with Crippen molar-refractivity contribution in [2.45, 2.75) is 33.2 Å². The largest absolute Gasteiger partial charge is 0.481 e. The lowest BCUT2D eigenvalue weighted by Crippen LogP contribution is -2.37. The number of nitro groups is 1. The number of hydrogen-bond acceptors (Lipinski definition) is 5. The molecule has 0 amide bonds. The minimum atomic E-state index is -0.792. The first-order valence-electron chi connectivity index (χ1n) is 6.65. The number of carboxylic acids is 1. The number of aliphatic carboxylic acids is 1. The van der Waals surface area contributed by atoms with Crippen molar-refractivity contribution in [2.75, 3.05) is 18.0 Å². The van der Waals surface area contributed by atoms with Crippen molar-refractivity contribution in [1.29, 1.82) is 0 Å². The average Bonchev–Trinajstić information content (AvgIpc) is 2.75. The highest BCUT2D eigenvalue weighted by Crippen LogP contribution is 2.32. The van der Waals surface area contributed by atoms with Gasteiger partial charge in [0.1, 0.15) is 0 Å². The normalized spacial score (nSPS) is 16.4. The second kappa shape index (κ2) is 5.48. The molecule has 1 aliphatic heterocycles. The van der Waals surface area contributed by atoms with E-state index in [-0.39, 0.29) is 11.7 Å². The summed E-state index contributed by atoms with van der Waals surface area (Å²) in [7, 11) is 0. The van der Waals surface area contributed by atoms with Crippen molar-refractivity contribution >= 4 is 17.6 Å². The molecule has 0 radical (unpaired) electrons. The summed E-state index contributed by atoms with van der Waals surface area (Å²) in [6.45, 7) is 5.25. The Hall–Kier alpha value is -2.12. The van der Waals surface area contributed by atoms with Gasteiger partial charge in [0.05, 0.1) is 5.92 Å². The van der Waals surface area contributed by atoms with E-state index in [1.54, 1.807) is 11.5 Å². The maximum absolute atomic E-state index is 11.1. The van der Waals surface area contributed by atoms with E-state index in [0.29, 0.717) is 44.1 Å². The summed E-state index contributed by atoms with van der Waals surface area (Å²) >= 11 is 0. The maximum atomic E-state index is 11.1. The van der Waals surface area contributed by atoms with Gasteiger partial charge in [0.2, 0.25) is 11.6 Å². The number of aromatic nitrogens is 2. The van der Waals surface area contributed by atoms with Crippen LogP contribution in [0.2, 0.25) is 0 Å². The molecule has 1 fully saturated rings. The highest BCUT2D eigenvalue weighted by atomic mass is 16.6. The smallest absolute Gasteiger partial charge is 0.406 e. The molecule has 0 saturated carbocycles. The van der Waals surface area contributed by atoms with Crippen LogP contribution in [0.25, 0.3) is 0 Å². The molecule has 0 aromatic carbocycles. The zero-order valence-corrected chi connectivity index (χ0v) is 11.6. The second-order valence-electron chi connectivity index (χ2n) is 4.91. The fourth-order valence-electron chi connectivity index (χ4n) is 2.69. The maximum Gasteiger partial charge on any atom is 0.406 e. The molecule has 8 nitrogen and oxygen atoms in total. The summed E-state index contributed by atoms with van der Waals surface area (Å²) in [6, 6.07) is 0. The molecule has 0 spiro atoms. The zero-order chi connectivity index (χ0) is 14.9. The van der Waals surface area contributed by atoms with Gasteiger partial charge in [-0.3, -0.25) is 9.36 Å². The van der Waals surface area contributed by atoms with Crippen molar-refractivity contribution in [3.8, 4) is 0 Å². The number of nitrogens with zero attached hydrogens (tertiary/aromatic N) is 4. The van der Waals surface area contributed by atoms with Gasteiger partial charge < -0.3 is 20.1 Å². The van der Waals surface area contributed by atoms with E-state index in [1.807, 2.05) is 11.8 Å². The number of hydrogen-bond donors (Lipinski definition) is 1. The number of imidazole rings is 1. The average molecular weight is 282 g/mol. The van der Waals surface area contributed by atoms with Gasteiger partial charge in [-0.25, -0.2) is 0 Å². The standard InChI is InChI=1S/C12H18N4O4/c1-3-15-8(2)13-10(16(19)20)11(15)14-6-4-9(5-7-14)12(17)18/h9H,3-7H2,1-2H3,(H,17,18). The molecule has 2 heterocycles. The Morgan fingerprint density at radius 3 is 2.55 bits per heavy atom. The first-order valence-corrected chi connectivity index (χ1v) is 6.65. The lowest BCUT2D eigenvalue weighted by atomic mass is 9.97. The van der Waals surface area contributed by atoms with E-state index >= 15 is 0 Å². The summed E-state index contributed by atoms with van der Waals surface area (Å²) in [5.41, 5.74) is 0. The third kappa shape index (κ3) is 2.45. The Balaban J connectivity index is 2.29. The molecule has 0 bridgehead atoms. The predicted molar refractivity (Wildman–Crippen MR) is 71.9 cm³/mol. The lowest BCUT2D eigenvalue weighted by Gasteiger charge is -2.31. The van der Waals surface area contributed by atoms with E-state index in [0.717, 1.165) is 0 Å². The summed E-state index contributed by atoms with van der Waals surface area (Å²) in [5.74, 6) is -0.185. The summed E-state index contributed by atoms with van der Waals surface area (Å²) in [4.78, 5) is 27.5. The third-order valence-corrected chi connectivity index (χ3v) is 3.75. The van der Waals surface area contributed by atoms with E-state index in [4.69, 9.17) is 5.11 Å². The summed E-state index contributed by atoms with van der Waals surface area (Å²) in [5, 5.41) is 20.1. The van der Waals surface area contributed by atoms with Gasteiger partial charge in [0.25, 0.3) is 0 Å². The highest BCUT2D eigenvalue weighted by Gasteiger charge is 2.33. The molecular weight excluding hydrogens is 264 g/mol. The Morgan fingerprint density at radius 2 is 2.10 bits per heavy atom. The Labute approximate surface area is 116 Å². The molecule has 1 aromatic heterocycles. The van der Waals surface area contributed by atoms with Crippen molar-refractivity contribution in [2.24, 2.45) is 5.92 Å². The second-order valence-corrected chi connectivity index (χ2v) is 4.91. The van der Waals surface area contributed by atoms with Crippen LogP contribution in [0.5, 0.6) is 0 Å². The quantitative estimate of drug-likeness (QED) is 0.662. The van der Waals surface area contributed by atoms with Gasteiger partial charge in [-0.05, 0) is 29.7 Å². The number of piperidine rings is 1. The SMILES string of the molecule is CCn1c(C)nc([N+](=O)[O-])c1N1CCC(C(=O)O)CC1. The molecular formula is C12H18N4O4. The van der Waals surface area contributed by atoms with E-state index < -0.39 is 10.9 Å². The van der Waals surface area contributed by atoms with Gasteiger partial charge in [0.15, 0.2) is 0 Å². The lowest BCUT2D eigenvalue weighted by molar-refractivity contribution is -0.388. The van der Waals surface area contributed by atoms with Crippen LogP contribution in [0.4, 0.5) is 11.6 Å². The highest BCUT2D eigenvalue weighted by molar-refractivity contribution is 5.70. The van der Waals surface area contributed by atoms with Gasteiger partial charge >= 0.3 is 11.8 Å². The van der Waals surface area contributed by atoms with Crippen LogP contribution >= 0.6 is 0 Å². The topological polar surface area (TPSA) is 101 Å². The summed E-state index contributed by atoms with van der Waals surface area (Å²) < 4.78 is 1.80. The van der Waals surface area contributed by atoms with Crippen LogP contribution in [0.1, 0.15) is 25.6 Å². The molecule has 1 saturated heterocycles. The Kier molecular flexibility index (Phi) is 3.91. The number of carboxylic acid groups (broad SMARTS) is 1. The van der Waals surface area contributed by atoms with Crippen LogP contribution in [0.15, 0.2) is 0 Å². The first kappa shape index (κ1) is 14.3. The first-order chi connectivity index (χ1) is 9.45. The molecule has 2 rings (SSSR count). The minimum Gasteiger partial charge on any atom is -0.481 e. The van der Waals surface area contributed by atoms with Crippen molar-refractivity contribution in [3.05, 3.63) is 15.9 Å².